The number of anilines is 1. The van der Waals surface area contributed by atoms with E-state index in [4.69, 9.17) is 16.7 Å². The molecule has 3 nitrogen and oxygen atoms in total. The Labute approximate surface area is 127 Å². The van der Waals surface area contributed by atoms with E-state index >= 15 is 0 Å². The van der Waals surface area contributed by atoms with Crippen molar-refractivity contribution in [2.24, 2.45) is 0 Å². The minimum atomic E-state index is 0.222. The van der Waals surface area contributed by atoms with Crippen LogP contribution < -0.4 is 10.2 Å². The van der Waals surface area contributed by atoms with Crippen LogP contribution in [0.1, 0.15) is 39.2 Å². The fraction of sp³-hybridized carbons (Fsp3) is 0.625. The van der Waals surface area contributed by atoms with Gasteiger partial charge in [-0.1, -0.05) is 18.5 Å². The van der Waals surface area contributed by atoms with Crippen LogP contribution in [0.15, 0.2) is 18.2 Å². The Morgan fingerprint density at radius 1 is 1.35 bits per heavy atom. The normalized spacial score (nSPS) is 11.1. The molecule has 0 amide bonds. The van der Waals surface area contributed by atoms with Gasteiger partial charge in [-0.05, 0) is 57.0 Å². The van der Waals surface area contributed by atoms with Crippen LogP contribution in [0, 0.1) is 0 Å². The average molecular weight is 299 g/mol. The monoisotopic (exact) mass is 298 g/mol. The number of rotatable bonds is 9. The van der Waals surface area contributed by atoms with Crippen LogP contribution in [-0.4, -0.2) is 30.8 Å². The highest BCUT2D eigenvalue weighted by molar-refractivity contribution is 6.30. The topological polar surface area (TPSA) is 35.5 Å². The molecule has 0 aliphatic carbocycles. The van der Waals surface area contributed by atoms with Crippen LogP contribution in [0.25, 0.3) is 0 Å². The molecule has 0 aromatic heterocycles. The fourth-order valence-electron chi connectivity index (χ4n) is 2.27. The van der Waals surface area contributed by atoms with Crippen LogP contribution in [0.3, 0.4) is 0 Å². The first-order chi connectivity index (χ1) is 9.60. The maximum Gasteiger partial charge on any atom is 0.0447 e. The largest absolute Gasteiger partial charge is 0.396 e. The second-order valence-corrected chi connectivity index (χ2v) is 5.75. The molecule has 0 atom stereocenters. The van der Waals surface area contributed by atoms with Gasteiger partial charge in [-0.2, -0.15) is 0 Å². The molecule has 0 saturated carbocycles. The Kier molecular flexibility index (Phi) is 7.97. The molecule has 1 aromatic carbocycles. The smallest absolute Gasteiger partial charge is 0.0447 e. The summed E-state index contributed by atoms with van der Waals surface area (Å²) in [7, 11) is 0. The molecule has 1 rings (SSSR count). The van der Waals surface area contributed by atoms with Crippen LogP contribution >= 0.6 is 11.6 Å². The first kappa shape index (κ1) is 17.3. The van der Waals surface area contributed by atoms with Gasteiger partial charge in [0.15, 0.2) is 0 Å². The van der Waals surface area contributed by atoms with Gasteiger partial charge in [0.25, 0.3) is 0 Å². The summed E-state index contributed by atoms with van der Waals surface area (Å²) >= 11 is 6.13. The van der Waals surface area contributed by atoms with Gasteiger partial charge in [0.1, 0.15) is 0 Å². The van der Waals surface area contributed by atoms with Gasteiger partial charge in [0.2, 0.25) is 0 Å². The molecule has 0 radical (unpaired) electrons. The maximum absolute atomic E-state index is 9.07. The van der Waals surface area contributed by atoms with Crippen molar-refractivity contribution in [2.75, 3.05) is 24.6 Å². The predicted molar refractivity (Wildman–Crippen MR) is 87.6 cm³/mol. The Morgan fingerprint density at radius 3 is 2.70 bits per heavy atom. The van der Waals surface area contributed by atoms with Crippen molar-refractivity contribution in [1.29, 1.82) is 0 Å². The highest BCUT2D eigenvalue weighted by Crippen LogP contribution is 2.26. The van der Waals surface area contributed by atoms with Gasteiger partial charge in [-0.3, -0.25) is 0 Å². The van der Waals surface area contributed by atoms with E-state index in [1.165, 1.54) is 11.3 Å². The van der Waals surface area contributed by atoms with Crippen molar-refractivity contribution in [3.8, 4) is 0 Å². The Balaban J connectivity index is 2.93. The molecule has 2 N–H and O–H groups in total. The molecule has 0 aliphatic heterocycles. The zero-order valence-corrected chi connectivity index (χ0v) is 13.6. The summed E-state index contributed by atoms with van der Waals surface area (Å²) in [5, 5.41) is 13.3. The van der Waals surface area contributed by atoms with E-state index in [0.717, 1.165) is 37.5 Å². The van der Waals surface area contributed by atoms with Crippen LogP contribution in [0.2, 0.25) is 5.02 Å². The van der Waals surface area contributed by atoms with E-state index in [9.17, 15) is 0 Å². The Hall–Kier alpha value is -0.770. The Bertz CT molecular complexity index is 396. The average Bonchev–Trinajstić information content (AvgIpc) is 2.41. The summed E-state index contributed by atoms with van der Waals surface area (Å²) < 4.78 is 0. The summed E-state index contributed by atoms with van der Waals surface area (Å²) in [5.74, 6) is 0. The van der Waals surface area contributed by atoms with E-state index in [2.05, 4.69) is 37.1 Å². The van der Waals surface area contributed by atoms with E-state index in [0.29, 0.717) is 6.04 Å². The maximum atomic E-state index is 9.07. The van der Waals surface area contributed by atoms with Crippen LogP contribution in [0.4, 0.5) is 5.69 Å². The third kappa shape index (κ3) is 5.31. The number of halogens is 1. The Morgan fingerprint density at radius 2 is 2.10 bits per heavy atom. The van der Waals surface area contributed by atoms with Gasteiger partial charge in [-0.15, -0.1) is 0 Å². The molecular formula is C16H27ClN2O. The van der Waals surface area contributed by atoms with E-state index in [1.54, 1.807) is 0 Å². The summed E-state index contributed by atoms with van der Waals surface area (Å²) in [4.78, 5) is 2.33. The van der Waals surface area contributed by atoms with Crippen molar-refractivity contribution in [2.45, 2.75) is 46.2 Å². The highest BCUT2D eigenvalue weighted by Gasteiger charge is 2.14. The lowest BCUT2D eigenvalue weighted by Gasteiger charge is -2.31. The lowest BCUT2D eigenvalue weighted by molar-refractivity contribution is 0.288. The van der Waals surface area contributed by atoms with Gasteiger partial charge >= 0.3 is 0 Å². The number of hydrogen-bond donors (Lipinski definition) is 2. The second kappa shape index (κ2) is 9.22. The number of hydrogen-bond acceptors (Lipinski definition) is 3. The summed E-state index contributed by atoms with van der Waals surface area (Å²) in [6, 6.07) is 6.46. The molecular weight excluding hydrogens is 272 g/mol. The molecule has 114 valence electrons. The van der Waals surface area contributed by atoms with E-state index in [1.807, 2.05) is 12.1 Å². The van der Waals surface area contributed by atoms with Crippen molar-refractivity contribution in [1.82, 2.24) is 5.32 Å². The third-order valence-electron chi connectivity index (χ3n) is 3.27. The van der Waals surface area contributed by atoms with Crippen molar-refractivity contribution >= 4 is 17.3 Å². The molecule has 0 fully saturated rings. The van der Waals surface area contributed by atoms with Crippen LogP contribution in [0.5, 0.6) is 0 Å². The third-order valence-corrected chi connectivity index (χ3v) is 3.51. The summed E-state index contributed by atoms with van der Waals surface area (Å²) in [5.41, 5.74) is 2.43. The van der Waals surface area contributed by atoms with Crippen molar-refractivity contribution in [3.05, 3.63) is 28.8 Å². The standard InChI is InChI=1S/C16H27ClN2O/c1-4-8-18-12-14-11-15(17)6-7-16(14)19(13(2)3)9-5-10-20/h6-7,11,13,18,20H,4-5,8-10,12H2,1-3H3. The van der Waals surface area contributed by atoms with E-state index in [-0.39, 0.29) is 6.61 Å². The highest BCUT2D eigenvalue weighted by atomic mass is 35.5. The number of nitrogens with zero attached hydrogens (tertiary/aromatic N) is 1. The SMILES string of the molecule is CCCNCc1cc(Cl)ccc1N(CCCO)C(C)C. The first-order valence-electron chi connectivity index (χ1n) is 7.46. The quantitative estimate of drug-likeness (QED) is 0.686. The lowest BCUT2D eigenvalue weighted by Crippen LogP contribution is -2.33. The van der Waals surface area contributed by atoms with Gasteiger partial charge in [-0.25, -0.2) is 0 Å². The number of benzene rings is 1. The molecule has 0 bridgehead atoms. The summed E-state index contributed by atoms with van der Waals surface area (Å²) in [6.45, 7) is 9.42. The van der Waals surface area contributed by atoms with Crippen molar-refractivity contribution in [3.63, 3.8) is 0 Å². The molecule has 0 spiro atoms. The summed E-state index contributed by atoms with van der Waals surface area (Å²) in [6.07, 6.45) is 1.90. The first-order valence-corrected chi connectivity index (χ1v) is 7.84. The molecule has 0 aliphatic rings. The zero-order chi connectivity index (χ0) is 15.0. The number of aliphatic hydroxyl groups is 1. The number of nitrogens with one attached hydrogen (secondary N) is 1. The van der Waals surface area contributed by atoms with Gasteiger partial charge < -0.3 is 15.3 Å². The minimum absolute atomic E-state index is 0.222. The van der Waals surface area contributed by atoms with Crippen LogP contribution in [-0.2, 0) is 6.54 Å². The molecule has 1 aromatic rings. The second-order valence-electron chi connectivity index (χ2n) is 5.31. The van der Waals surface area contributed by atoms with E-state index < -0.39 is 0 Å². The lowest BCUT2D eigenvalue weighted by atomic mass is 10.1. The van der Waals surface area contributed by atoms with Crippen molar-refractivity contribution < 1.29 is 5.11 Å². The fourth-order valence-corrected chi connectivity index (χ4v) is 2.47. The van der Waals surface area contributed by atoms with Gasteiger partial charge in [0.05, 0.1) is 0 Å². The zero-order valence-electron chi connectivity index (χ0n) is 12.8. The number of aliphatic hydroxyl groups excluding tert-OH is 1. The van der Waals surface area contributed by atoms with Gasteiger partial charge in [0, 0.05) is 36.4 Å². The minimum Gasteiger partial charge on any atom is -0.396 e. The molecule has 20 heavy (non-hydrogen) atoms. The molecule has 4 heteroatoms. The predicted octanol–water partition coefficient (Wildman–Crippen LogP) is 3.44. The molecule has 0 heterocycles. The molecule has 0 saturated heterocycles. The molecule has 0 unspecified atom stereocenters.